The third kappa shape index (κ3) is 2.86. The average molecular weight is 345 g/mol. The van der Waals surface area contributed by atoms with Gasteiger partial charge in [-0.1, -0.05) is 12.1 Å². The monoisotopic (exact) mass is 345 g/mol. The lowest BCUT2D eigenvalue weighted by molar-refractivity contribution is 0.415. The highest BCUT2D eigenvalue weighted by atomic mass is 16.5. The van der Waals surface area contributed by atoms with E-state index in [-0.39, 0.29) is 0 Å². The van der Waals surface area contributed by atoms with Gasteiger partial charge in [0.1, 0.15) is 17.9 Å². The summed E-state index contributed by atoms with van der Waals surface area (Å²) in [7, 11) is 1.65. The maximum atomic E-state index is 5.27. The van der Waals surface area contributed by atoms with Gasteiger partial charge in [-0.2, -0.15) is 5.10 Å². The second-order valence-electron chi connectivity index (χ2n) is 6.14. The number of hydrogen-bond donors (Lipinski definition) is 1. The molecule has 0 bridgehead atoms. The summed E-state index contributed by atoms with van der Waals surface area (Å²) in [6.07, 6.45) is 3.33. The summed E-state index contributed by atoms with van der Waals surface area (Å²) in [4.78, 5) is 8.81. The number of hydrogen-bond acceptors (Lipinski definition) is 5. The van der Waals surface area contributed by atoms with Gasteiger partial charge in [0.05, 0.1) is 24.4 Å². The molecular weight excluding hydrogens is 326 g/mol. The molecule has 0 fully saturated rings. The van der Waals surface area contributed by atoms with Crippen LogP contribution in [-0.2, 0) is 0 Å². The van der Waals surface area contributed by atoms with Crippen LogP contribution >= 0.6 is 0 Å². The Morgan fingerprint density at radius 2 is 1.88 bits per heavy atom. The van der Waals surface area contributed by atoms with Gasteiger partial charge in [0.15, 0.2) is 5.65 Å². The van der Waals surface area contributed by atoms with E-state index in [1.54, 1.807) is 19.6 Å². The molecule has 2 aromatic heterocycles. The molecule has 4 aromatic rings. The Hall–Kier alpha value is -3.41. The van der Waals surface area contributed by atoms with E-state index in [0.717, 1.165) is 28.2 Å². The maximum Gasteiger partial charge on any atom is 0.168 e. The highest BCUT2D eigenvalue weighted by Gasteiger charge is 2.12. The van der Waals surface area contributed by atoms with Crippen molar-refractivity contribution < 1.29 is 4.74 Å². The zero-order valence-electron chi connectivity index (χ0n) is 14.9. The van der Waals surface area contributed by atoms with Crippen molar-refractivity contribution in [2.45, 2.75) is 13.8 Å². The van der Waals surface area contributed by atoms with Crippen LogP contribution in [0.25, 0.3) is 16.7 Å². The second kappa shape index (κ2) is 6.48. The molecular formula is C20H19N5O. The summed E-state index contributed by atoms with van der Waals surface area (Å²) in [6.45, 7) is 4.19. The van der Waals surface area contributed by atoms with E-state index in [9.17, 15) is 0 Å². The van der Waals surface area contributed by atoms with Crippen LogP contribution in [0.2, 0.25) is 0 Å². The van der Waals surface area contributed by atoms with E-state index in [4.69, 9.17) is 4.74 Å². The number of aromatic nitrogens is 4. The molecule has 6 nitrogen and oxygen atoms in total. The number of rotatable bonds is 4. The SMILES string of the molecule is COc1cccc(Nc2ncnc3c2cnn3-c2ccc(C)c(C)c2)c1. The molecule has 0 saturated carbocycles. The van der Waals surface area contributed by atoms with Gasteiger partial charge in [-0.3, -0.25) is 0 Å². The standard InChI is InChI=1S/C20H19N5O/c1-13-7-8-16(9-14(13)2)25-20-18(11-23-25)19(21-12-22-20)24-15-5-4-6-17(10-15)26-3/h4-12H,1-3H3,(H,21,22,24). The van der Waals surface area contributed by atoms with Crippen molar-refractivity contribution in [1.29, 1.82) is 0 Å². The van der Waals surface area contributed by atoms with E-state index in [1.807, 2.05) is 35.0 Å². The van der Waals surface area contributed by atoms with Crippen LogP contribution in [0.4, 0.5) is 11.5 Å². The molecule has 0 atom stereocenters. The van der Waals surface area contributed by atoms with E-state index < -0.39 is 0 Å². The number of nitrogens with one attached hydrogen (secondary N) is 1. The van der Waals surface area contributed by atoms with Crippen LogP contribution < -0.4 is 10.1 Å². The molecule has 4 rings (SSSR count). The lowest BCUT2D eigenvalue weighted by Crippen LogP contribution is -2.00. The highest BCUT2D eigenvalue weighted by Crippen LogP contribution is 2.26. The summed E-state index contributed by atoms with van der Waals surface area (Å²) >= 11 is 0. The Balaban J connectivity index is 1.76. The molecule has 1 N–H and O–H groups in total. The van der Waals surface area contributed by atoms with Crippen molar-refractivity contribution in [2.75, 3.05) is 12.4 Å². The van der Waals surface area contributed by atoms with E-state index in [2.05, 4.69) is 46.4 Å². The number of fused-ring (bicyclic) bond motifs is 1. The molecule has 0 amide bonds. The molecule has 0 spiro atoms. The molecule has 0 aliphatic carbocycles. The number of aryl methyl sites for hydroxylation is 2. The van der Waals surface area contributed by atoms with Crippen LogP contribution in [-0.4, -0.2) is 26.9 Å². The molecule has 6 heteroatoms. The van der Waals surface area contributed by atoms with Gasteiger partial charge in [0, 0.05) is 11.8 Å². The fourth-order valence-corrected chi connectivity index (χ4v) is 2.83. The quantitative estimate of drug-likeness (QED) is 0.601. The topological polar surface area (TPSA) is 64.9 Å². The van der Waals surface area contributed by atoms with Crippen molar-refractivity contribution in [3.63, 3.8) is 0 Å². The summed E-state index contributed by atoms with van der Waals surface area (Å²) in [5.74, 6) is 1.49. The Kier molecular flexibility index (Phi) is 4.01. The molecule has 0 saturated heterocycles. The summed E-state index contributed by atoms with van der Waals surface area (Å²) in [5.41, 5.74) is 5.10. The third-order valence-corrected chi connectivity index (χ3v) is 4.43. The van der Waals surface area contributed by atoms with E-state index >= 15 is 0 Å². The zero-order chi connectivity index (χ0) is 18.1. The number of benzene rings is 2. The zero-order valence-corrected chi connectivity index (χ0v) is 14.9. The highest BCUT2D eigenvalue weighted by molar-refractivity contribution is 5.89. The predicted molar refractivity (Wildman–Crippen MR) is 102 cm³/mol. The lowest BCUT2D eigenvalue weighted by Gasteiger charge is -2.09. The van der Waals surface area contributed by atoms with Crippen LogP contribution in [0.15, 0.2) is 55.0 Å². The molecule has 130 valence electrons. The normalized spacial score (nSPS) is 10.9. The van der Waals surface area contributed by atoms with Crippen LogP contribution in [0, 0.1) is 13.8 Å². The Morgan fingerprint density at radius 3 is 2.69 bits per heavy atom. The predicted octanol–water partition coefficient (Wildman–Crippen LogP) is 4.18. The van der Waals surface area contributed by atoms with Crippen molar-refractivity contribution in [2.24, 2.45) is 0 Å². The average Bonchev–Trinajstić information content (AvgIpc) is 3.09. The van der Waals surface area contributed by atoms with E-state index in [1.165, 1.54) is 11.1 Å². The fraction of sp³-hybridized carbons (Fsp3) is 0.150. The van der Waals surface area contributed by atoms with Crippen LogP contribution in [0.3, 0.4) is 0 Å². The smallest absolute Gasteiger partial charge is 0.168 e. The van der Waals surface area contributed by atoms with Crippen molar-refractivity contribution in [3.05, 3.63) is 66.1 Å². The van der Waals surface area contributed by atoms with Gasteiger partial charge in [-0.05, 0) is 49.2 Å². The van der Waals surface area contributed by atoms with Crippen LogP contribution in [0.5, 0.6) is 5.75 Å². The van der Waals surface area contributed by atoms with Gasteiger partial charge in [-0.25, -0.2) is 14.6 Å². The van der Waals surface area contributed by atoms with E-state index in [0.29, 0.717) is 5.82 Å². The van der Waals surface area contributed by atoms with Gasteiger partial charge in [-0.15, -0.1) is 0 Å². The maximum absolute atomic E-state index is 5.27. The summed E-state index contributed by atoms with van der Waals surface area (Å²) in [5, 5.41) is 8.70. The third-order valence-electron chi connectivity index (χ3n) is 4.43. The summed E-state index contributed by atoms with van der Waals surface area (Å²) in [6, 6.07) is 14.0. The Morgan fingerprint density at radius 1 is 1.00 bits per heavy atom. The first-order valence-electron chi connectivity index (χ1n) is 8.33. The van der Waals surface area contributed by atoms with Crippen molar-refractivity contribution in [3.8, 4) is 11.4 Å². The first kappa shape index (κ1) is 16.1. The molecule has 2 heterocycles. The van der Waals surface area contributed by atoms with Gasteiger partial charge in [0.25, 0.3) is 0 Å². The molecule has 2 aromatic carbocycles. The van der Waals surface area contributed by atoms with Crippen LogP contribution in [0.1, 0.15) is 11.1 Å². The van der Waals surface area contributed by atoms with Crippen molar-refractivity contribution in [1.82, 2.24) is 19.7 Å². The minimum atomic E-state index is 0.707. The number of ether oxygens (including phenoxy) is 1. The molecule has 26 heavy (non-hydrogen) atoms. The first-order valence-corrected chi connectivity index (χ1v) is 8.33. The molecule has 0 radical (unpaired) electrons. The fourth-order valence-electron chi connectivity index (χ4n) is 2.83. The first-order chi connectivity index (χ1) is 12.7. The molecule has 0 aliphatic heterocycles. The molecule has 0 unspecified atom stereocenters. The number of anilines is 2. The molecule has 0 aliphatic rings. The largest absolute Gasteiger partial charge is 0.497 e. The van der Waals surface area contributed by atoms with Crippen molar-refractivity contribution >= 4 is 22.5 Å². The Labute approximate surface area is 151 Å². The Bertz CT molecular complexity index is 1090. The summed E-state index contributed by atoms with van der Waals surface area (Å²) < 4.78 is 7.11. The second-order valence-corrected chi connectivity index (χ2v) is 6.14. The minimum absolute atomic E-state index is 0.707. The lowest BCUT2D eigenvalue weighted by atomic mass is 10.1. The van der Waals surface area contributed by atoms with Gasteiger partial charge < -0.3 is 10.1 Å². The number of methoxy groups -OCH3 is 1. The minimum Gasteiger partial charge on any atom is -0.497 e. The van der Waals surface area contributed by atoms with Gasteiger partial charge >= 0.3 is 0 Å². The number of nitrogens with zero attached hydrogens (tertiary/aromatic N) is 4. The van der Waals surface area contributed by atoms with Gasteiger partial charge in [0.2, 0.25) is 0 Å².